The smallest absolute Gasteiger partial charge is 0.257 e. The number of hydrogen-bond acceptors (Lipinski definition) is 4. The third-order valence-corrected chi connectivity index (χ3v) is 4.22. The van der Waals surface area contributed by atoms with Crippen LogP contribution in [0.2, 0.25) is 0 Å². The van der Waals surface area contributed by atoms with Crippen molar-refractivity contribution in [2.45, 2.75) is 11.8 Å². The second-order valence-corrected chi connectivity index (χ2v) is 7.08. The summed E-state index contributed by atoms with van der Waals surface area (Å²) in [4.78, 5) is 23.2. The summed E-state index contributed by atoms with van der Waals surface area (Å²) in [6, 6.07) is 9.31. The fourth-order valence-corrected chi connectivity index (χ4v) is 2.96. The lowest BCUT2D eigenvalue weighted by atomic mass is 10.2. The quantitative estimate of drug-likeness (QED) is 0.886. The lowest BCUT2D eigenvalue weighted by Gasteiger charge is -2.11. The zero-order chi connectivity index (χ0) is 17.9. The van der Waals surface area contributed by atoms with Gasteiger partial charge in [-0.1, -0.05) is 12.1 Å². The first-order chi connectivity index (χ1) is 11.2. The molecule has 24 heavy (non-hydrogen) atoms. The lowest BCUT2D eigenvalue weighted by Crippen LogP contribution is -2.17. The molecule has 0 fully saturated rings. The maximum atomic E-state index is 13.9. The van der Waals surface area contributed by atoms with Crippen LogP contribution in [0.4, 0.5) is 15.8 Å². The maximum Gasteiger partial charge on any atom is 0.257 e. The van der Waals surface area contributed by atoms with Gasteiger partial charge in [0, 0.05) is 18.9 Å². The van der Waals surface area contributed by atoms with Crippen LogP contribution in [0.15, 0.2) is 47.4 Å². The highest BCUT2D eigenvalue weighted by molar-refractivity contribution is 7.90. The molecule has 0 spiro atoms. The molecule has 0 atom stereocenters. The summed E-state index contributed by atoms with van der Waals surface area (Å²) >= 11 is 0. The highest BCUT2D eigenvalue weighted by Crippen LogP contribution is 2.22. The molecule has 0 heterocycles. The molecule has 0 aliphatic heterocycles. The molecule has 0 bridgehead atoms. The van der Waals surface area contributed by atoms with E-state index in [1.165, 1.54) is 43.3 Å². The largest absolute Gasteiger partial charge is 0.326 e. The Morgan fingerprint density at radius 3 is 2.33 bits per heavy atom. The molecule has 2 aromatic carbocycles. The van der Waals surface area contributed by atoms with Gasteiger partial charge in [-0.2, -0.15) is 0 Å². The summed E-state index contributed by atoms with van der Waals surface area (Å²) in [5.41, 5.74) is 0.0366. The summed E-state index contributed by atoms with van der Waals surface area (Å²) < 4.78 is 37.4. The zero-order valence-electron chi connectivity index (χ0n) is 13.0. The molecule has 0 radical (unpaired) electrons. The average Bonchev–Trinajstić information content (AvgIpc) is 2.49. The predicted octanol–water partition coefficient (Wildman–Crippen LogP) is 2.44. The van der Waals surface area contributed by atoms with Gasteiger partial charge in [0.05, 0.1) is 16.1 Å². The number of benzene rings is 2. The highest BCUT2D eigenvalue weighted by Gasteiger charge is 2.19. The minimum atomic E-state index is -3.62. The first-order valence-corrected chi connectivity index (χ1v) is 8.75. The Balaban J connectivity index is 2.36. The van der Waals surface area contributed by atoms with E-state index in [0.29, 0.717) is 5.69 Å². The number of rotatable bonds is 4. The van der Waals surface area contributed by atoms with Gasteiger partial charge in [0.15, 0.2) is 9.84 Å². The van der Waals surface area contributed by atoms with Crippen LogP contribution >= 0.6 is 0 Å². The molecule has 0 saturated heterocycles. The highest BCUT2D eigenvalue weighted by atomic mass is 32.2. The Bertz CT molecular complexity index is 910. The van der Waals surface area contributed by atoms with Crippen molar-refractivity contribution in [3.8, 4) is 0 Å². The Hall–Kier alpha value is -2.74. The fourth-order valence-electron chi connectivity index (χ4n) is 2.07. The molecule has 126 valence electrons. The van der Waals surface area contributed by atoms with Crippen LogP contribution in [0.3, 0.4) is 0 Å². The maximum absolute atomic E-state index is 13.9. The average molecular weight is 350 g/mol. The van der Waals surface area contributed by atoms with Crippen molar-refractivity contribution in [3.05, 3.63) is 53.8 Å². The van der Waals surface area contributed by atoms with Crippen molar-refractivity contribution in [1.29, 1.82) is 0 Å². The minimum Gasteiger partial charge on any atom is -0.326 e. The van der Waals surface area contributed by atoms with Gasteiger partial charge in [-0.15, -0.1) is 0 Å². The number of carbonyl (C=O) groups is 2. The molecule has 2 aromatic rings. The van der Waals surface area contributed by atoms with Crippen LogP contribution in [0, 0.1) is 5.82 Å². The second kappa shape index (κ2) is 6.79. The van der Waals surface area contributed by atoms with Crippen molar-refractivity contribution in [2.75, 3.05) is 16.9 Å². The summed E-state index contributed by atoms with van der Waals surface area (Å²) in [6.45, 7) is 1.30. The van der Waals surface area contributed by atoms with Crippen LogP contribution in [0.1, 0.15) is 17.3 Å². The van der Waals surface area contributed by atoms with Gasteiger partial charge in [-0.3, -0.25) is 9.59 Å². The van der Waals surface area contributed by atoms with Gasteiger partial charge in [0.1, 0.15) is 5.82 Å². The van der Waals surface area contributed by atoms with E-state index in [-0.39, 0.29) is 22.1 Å². The van der Waals surface area contributed by atoms with Crippen molar-refractivity contribution in [2.24, 2.45) is 0 Å². The number of sulfone groups is 1. The normalized spacial score (nSPS) is 11.0. The first kappa shape index (κ1) is 17.6. The Morgan fingerprint density at radius 2 is 1.71 bits per heavy atom. The number of anilines is 2. The first-order valence-electron chi connectivity index (χ1n) is 6.86. The Labute approximate surface area is 138 Å². The van der Waals surface area contributed by atoms with Gasteiger partial charge in [-0.05, 0) is 30.3 Å². The number of carbonyl (C=O) groups excluding carboxylic acids is 2. The summed E-state index contributed by atoms with van der Waals surface area (Å²) in [5.74, 6) is -1.83. The third-order valence-electron chi connectivity index (χ3n) is 3.07. The molecular weight excluding hydrogens is 335 g/mol. The predicted molar refractivity (Wildman–Crippen MR) is 88.2 cm³/mol. The number of halogens is 1. The number of hydrogen-bond donors (Lipinski definition) is 2. The van der Waals surface area contributed by atoms with E-state index < -0.39 is 21.6 Å². The zero-order valence-corrected chi connectivity index (χ0v) is 13.8. The molecular formula is C16H15FN2O4S. The van der Waals surface area contributed by atoms with Crippen LogP contribution in [-0.4, -0.2) is 26.5 Å². The van der Waals surface area contributed by atoms with Crippen LogP contribution in [0.25, 0.3) is 0 Å². The molecule has 2 N–H and O–H groups in total. The van der Waals surface area contributed by atoms with E-state index >= 15 is 0 Å². The van der Waals surface area contributed by atoms with E-state index in [2.05, 4.69) is 10.6 Å². The summed E-state index contributed by atoms with van der Waals surface area (Å²) in [6.07, 6.45) is 0.983. The molecule has 6 nitrogen and oxygen atoms in total. The van der Waals surface area contributed by atoms with E-state index in [9.17, 15) is 22.4 Å². The molecule has 0 aromatic heterocycles. The van der Waals surface area contributed by atoms with E-state index in [4.69, 9.17) is 0 Å². The molecule has 8 heteroatoms. The Kier molecular flexibility index (Phi) is 4.99. The lowest BCUT2D eigenvalue weighted by molar-refractivity contribution is -0.114. The van der Waals surface area contributed by atoms with Gasteiger partial charge in [0.25, 0.3) is 5.91 Å². The van der Waals surface area contributed by atoms with Gasteiger partial charge < -0.3 is 10.6 Å². The molecule has 0 aliphatic carbocycles. The van der Waals surface area contributed by atoms with Crippen molar-refractivity contribution in [3.63, 3.8) is 0 Å². The van der Waals surface area contributed by atoms with Gasteiger partial charge in [0.2, 0.25) is 5.91 Å². The van der Waals surface area contributed by atoms with Gasteiger partial charge in [-0.25, -0.2) is 12.8 Å². The van der Waals surface area contributed by atoms with Crippen molar-refractivity contribution >= 4 is 33.0 Å². The topological polar surface area (TPSA) is 92.3 Å². The second-order valence-electron chi connectivity index (χ2n) is 5.10. The molecule has 0 aliphatic rings. The standard InChI is InChI=1S/C16H15FN2O4S/c1-10(20)18-11-7-8-13(17)14(9-11)19-16(21)12-5-3-4-6-15(12)24(2,22)23/h3-9H,1-2H3,(H,18,20)(H,19,21). The SMILES string of the molecule is CC(=O)Nc1ccc(F)c(NC(=O)c2ccccc2S(C)(=O)=O)c1. The fraction of sp³-hybridized carbons (Fsp3) is 0.125. The third kappa shape index (κ3) is 4.17. The van der Waals surface area contributed by atoms with Crippen LogP contribution in [0.5, 0.6) is 0 Å². The molecule has 0 unspecified atom stereocenters. The van der Waals surface area contributed by atoms with Gasteiger partial charge >= 0.3 is 0 Å². The number of nitrogens with one attached hydrogen (secondary N) is 2. The van der Waals surface area contributed by atoms with Crippen molar-refractivity contribution < 1.29 is 22.4 Å². The van der Waals surface area contributed by atoms with Crippen LogP contribution < -0.4 is 10.6 Å². The number of amides is 2. The van der Waals surface area contributed by atoms with Crippen molar-refractivity contribution in [1.82, 2.24) is 0 Å². The minimum absolute atomic E-state index is 0.0932. The van der Waals surface area contributed by atoms with E-state index in [1.807, 2.05) is 0 Å². The molecule has 0 saturated carbocycles. The molecule has 2 rings (SSSR count). The monoisotopic (exact) mass is 350 g/mol. The summed E-state index contributed by atoms with van der Waals surface area (Å²) in [5, 5.41) is 4.79. The van der Waals surface area contributed by atoms with Crippen LogP contribution in [-0.2, 0) is 14.6 Å². The van der Waals surface area contributed by atoms with E-state index in [0.717, 1.165) is 12.3 Å². The van der Waals surface area contributed by atoms with E-state index in [1.54, 1.807) is 0 Å². The Morgan fingerprint density at radius 1 is 1.04 bits per heavy atom. The molecule has 2 amide bonds. The summed E-state index contributed by atoms with van der Waals surface area (Å²) in [7, 11) is -3.62.